The number of methoxy groups -OCH3 is 2. The van der Waals surface area contributed by atoms with Gasteiger partial charge in [-0.3, -0.25) is 4.72 Å². The van der Waals surface area contributed by atoms with Gasteiger partial charge in [-0.1, -0.05) is 0 Å². The number of anilines is 2. The van der Waals surface area contributed by atoms with Crippen molar-refractivity contribution in [3.05, 3.63) is 30.3 Å². The zero-order valence-electron chi connectivity index (χ0n) is 13.9. The van der Waals surface area contributed by atoms with E-state index in [9.17, 15) is 8.42 Å². The van der Waals surface area contributed by atoms with Crippen molar-refractivity contribution in [1.82, 2.24) is 10.2 Å². The molecule has 0 atom stereocenters. The molecule has 0 amide bonds. The minimum absolute atomic E-state index is 0.0458. The van der Waals surface area contributed by atoms with E-state index in [4.69, 9.17) is 9.47 Å². The summed E-state index contributed by atoms with van der Waals surface area (Å²) in [6, 6.07) is 7.89. The second-order valence-electron chi connectivity index (χ2n) is 5.23. The smallest absolute Gasteiger partial charge is 0.266 e. The van der Waals surface area contributed by atoms with Gasteiger partial charge in [0.1, 0.15) is 22.2 Å². The van der Waals surface area contributed by atoms with E-state index in [0.29, 0.717) is 11.6 Å². The van der Waals surface area contributed by atoms with Crippen molar-refractivity contribution in [2.24, 2.45) is 0 Å². The molecule has 0 bridgehead atoms. The number of nitrogens with zero attached hydrogens (tertiary/aromatic N) is 2. The van der Waals surface area contributed by atoms with Gasteiger partial charge >= 0.3 is 0 Å². The number of nitrogens with one attached hydrogen (secondary N) is 2. The average Bonchev–Trinajstić information content (AvgIpc) is 2.55. The zero-order chi connectivity index (χ0) is 17.7. The van der Waals surface area contributed by atoms with Crippen molar-refractivity contribution in [2.75, 3.05) is 24.3 Å². The average molecular weight is 352 g/mol. The zero-order valence-corrected chi connectivity index (χ0v) is 14.7. The lowest BCUT2D eigenvalue weighted by Crippen LogP contribution is -2.16. The summed E-state index contributed by atoms with van der Waals surface area (Å²) >= 11 is 0. The predicted molar refractivity (Wildman–Crippen MR) is 91.1 cm³/mol. The van der Waals surface area contributed by atoms with Gasteiger partial charge in [-0.15, -0.1) is 10.2 Å². The molecule has 2 aromatic rings. The summed E-state index contributed by atoms with van der Waals surface area (Å²) in [5.74, 6) is 1.27. The quantitative estimate of drug-likeness (QED) is 0.787. The predicted octanol–water partition coefficient (Wildman–Crippen LogP) is 2.11. The van der Waals surface area contributed by atoms with Crippen molar-refractivity contribution in [1.29, 1.82) is 0 Å². The van der Waals surface area contributed by atoms with Crippen molar-refractivity contribution in [3.8, 4) is 11.5 Å². The largest absolute Gasteiger partial charge is 0.497 e. The highest BCUT2D eigenvalue weighted by molar-refractivity contribution is 7.92. The molecule has 8 nitrogen and oxygen atoms in total. The number of hydrogen-bond acceptors (Lipinski definition) is 7. The van der Waals surface area contributed by atoms with Gasteiger partial charge < -0.3 is 14.8 Å². The number of hydrogen-bond donors (Lipinski definition) is 2. The molecule has 9 heteroatoms. The van der Waals surface area contributed by atoms with Gasteiger partial charge in [-0.05, 0) is 38.1 Å². The normalized spacial score (nSPS) is 11.2. The first-order valence-corrected chi connectivity index (χ1v) is 8.69. The summed E-state index contributed by atoms with van der Waals surface area (Å²) in [5.41, 5.74) is 0. The van der Waals surface area contributed by atoms with Gasteiger partial charge in [-0.2, -0.15) is 0 Å². The van der Waals surface area contributed by atoms with Gasteiger partial charge in [0.05, 0.1) is 14.2 Å². The van der Waals surface area contributed by atoms with Crippen molar-refractivity contribution in [3.63, 3.8) is 0 Å². The first kappa shape index (κ1) is 17.8. The van der Waals surface area contributed by atoms with Gasteiger partial charge in [-0.25, -0.2) is 8.42 Å². The van der Waals surface area contributed by atoms with E-state index in [2.05, 4.69) is 20.2 Å². The minimum atomic E-state index is -3.90. The fourth-order valence-electron chi connectivity index (χ4n) is 1.95. The number of benzene rings is 1. The first-order valence-electron chi connectivity index (χ1n) is 7.21. The lowest BCUT2D eigenvalue weighted by molar-refractivity contribution is 0.392. The van der Waals surface area contributed by atoms with E-state index in [-0.39, 0.29) is 22.5 Å². The Morgan fingerprint density at radius 2 is 1.67 bits per heavy atom. The third-order valence-corrected chi connectivity index (χ3v) is 4.38. The Hall–Kier alpha value is -2.55. The van der Waals surface area contributed by atoms with E-state index in [1.807, 2.05) is 13.8 Å². The molecule has 1 aromatic heterocycles. The van der Waals surface area contributed by atoms with Crippen LogP contribution in [-0.4, -0.2) is 38.9 Å². The Bertz CT molecular complexity index is 792. The number of sulfonamides is 1. The molecule has 0 fully saturated rings. The summed E-state index contributed by atoms with van der Waals surface area (Å²) in [6.45, 7) is 3.93. The van der Waals surface area contributed by atoms with Gasteiger partial charge in [0.25, 0.3) is 10.0 Å². The van der Waals surface area contributed by atoms with Gasteiger partial charge in [0.15, 0.2) is 5.82 Å². The highest BCUT2D eigenvalue weighted by Crippen LogP contribution is 2.29. The molecule has 0 saturated heterocycles. The molecule has 1 aromatic carbocycles. The van der Waals surface area contributed by atoms with E-state index in [1.54, 1.807) is 12.1 Å². The van der Waals surface area contributed by atoms with Crippen molar-refractivity contribution in [2.45, 2.75) is 24.8 Å². The van der Waals surface area contributed by atoms with Crippen LogP contribution < -0.4 is 19.5 Å². The van der Waals surface area contributed by atoms with E-state index < -0.39 is 10.0 Å². The molecule has 0 aliphatic rings. The summed E-state index contributed by atoms with van der Waals surface area (Å²) < 4.78 is 37.7. The van der Waals surface area contributed by atoms with Crippen LogP contribution in [0.3, 0.4) is 0 Å². The standard InChI is InChI=1S/C15H20N4O4S/c1-10(2)16-14-7-8-15(18-17-14)19-24(20,21)13-9-11(22-3)5-6-12(13)23-4/h5-10H,1-4H3,(H,16,17)(H,18,19). The first-order chi connectivity index (χ1) is 11.4. The molecule has 0 aliphatic heterocycles. The van der Waals surface area contributed by atoms with Crippen LogP contribution in [0.1, 0.15) is 13.8 Å². The van der Waals surface area contributed by atoms with Gasteiger partial charge in [0, 0.05) is 12.1 Å². The van der Waals surface area contributed by atoms with Crippen LogP contribution in [0, 0.1) is 0 Å². The Kier molecular flexibility index (Phi) is 5.45. The fraction of sp³-hybridized carbons (Fsp3) is 0.333. The Morgan fingerprint density at radius 3 is 2.21 bits per heavy atom. The molecule has 2 N–H and O–H groups in total. The molecule has 0 radical (unpaired) electrons. The molecule has 0 aliphatic carbocycles. The topological polar surface area (TPSA) is 102 Å². The summed E-state index contributed by atoms with van der Waals surface area (Å²) in [4.78, 5) is -0.0458. The minimum Gasteiger partial charge on any atom is -0.497 e. The van der Waals surface area contributed by atoms with Crippen molar-refractivity contribution < 1.29 is 17.9 Å². The van der Waals surface area contributed by atoms with Crippen LogP contribution in [-0.2, 0) is 10.0 Å². The van der Waals surface area contributed by atoms with E-state index >= 15 is 0 Å². The fourth-order valence-corrected chi connectivity index (χ4v) is 3.13. The maximum absolute atomic E-state index is 12.6. The van der Waals surface area contributed by atoms with E-state index in [1.165, 1.54) is 32.4 Å². The highest BCUT2D eigenvalue weighted by Gasteiger charge is 2.21. The van der Waals surface area contributed by atoms with Crippen LogP contribution in [0.4, 0.5) is 11.6 Å². The Balaban J connectivity index is 2.28. The molecule has 1 heterocycles. The Morgan fingerprint density at radius 1 is 1.00 bits per heavy atom. The second-order valence-corrected chi connectivity index (χ2v) is 6.88. The maximum Gasteiger partial charge on any atom is 0.266 e. The third-order valence-electron chi connectivity index (χ3n) is 3.00. The van der Waals surface area contributed by atoms with Crippen molar-refractivity contribution >= 4 is 21.7 Å². The highest BCUT2D eigenvalue weighted by atomic mass is 32.2. The third kappa shape index (κ3) is 4.25. The number of ether oxygens (including phenoxy) is 2. The molecule has 0 saturated carbocycles. The molecule has 0 spiro atoms. The monoisotopic (exact) mass is 352 g/mol. The molecular weight excluding hydrogens is 332 g/mol. The summed E-state index contributed by atoms with van der Waals surface area (Å²) in [7, 11) is -1.05. The maximum atomic E-state index is 12.6. The molecule has 2 rings (SSSR count). The van der Waals surface area contributed by atoms with Crippen LogP contribution >= 0.6 is 0 Å². The number of aromatic nitrogens is 2. The summed E-state index contributed by atoms with van der Waals surface area (Å²) in [5, 5.41) is 10.9. The molecule has 0 unspecified atom stereocenters. The molecular formula is C15H20N4O4S. The summed E-state index contributed by atoms with van der Waals surface area (Å²) in [6.07, 6.45) is 0. The van der Waals surface area contributed by atoms with Gasteiger partial charge in [0.2, 0.25) is 0 Å². The Labute approximate surface area is 141 Å². The lowest BCUT2D eigenvalue weighted by Gasteiger charge is -2.13. The van der Waals surface area contributed by atoms with Crippen LogP contribution in [0.5, 0.6) is 11.5 Å². The SMILES string of the molecule is COc1ccc(OC)c(S(=O)(=O)Nc2ccc(NC(C)C)nn2)c1. The van der Waals surface area contributed by atoms with Crippen LogP contribution in [0.25, 0.3) is 0 Å². The van der Waals surface area contributed by atoms with E-state index in [0.717, 1.165) is 0 Å². The molecule has 24 heavy (non-hydrogen) atoms. The second kappa shape index (κ2) is 7.35. The lowest BCUT2D eigenvalue weighted by atomic mass is 10.3. The molecule has 130 valence electrons. The van der Waals surface area contributed by atoms with Crippen LogP contribution in [0.15, 0.2) is 35.2 Å². The van der Waals surface area contributed by atoms with Crippen LogP contribution in [0.2, 0.25) is 0 Å². The number of rotatable bonds is 7.